The van der Waals surface area contributed by atoms with Crippen LogP contribution in [0.4, 0.5) is 4.39 Å². The molecule has 1 aromatic heterocycles. The van der Waals surface area contributed by atoms with Gasteiger partial charge in [-0.1, -0.05) is 22.0 Å². The van der Waals surface area contributed by atoms with Crippen molar-refractivity contribution in [2.45, 2.75) is 6.92 Å². The zero-order chi connectivity index (χ0) is 18.5. The standard InChI is InChI=1S/C18H16BrFN4O2/c1-12-22-17(23-24(12)15-7-5-14(20)6-8-15)18(25)21-9-10-26-16-4-2-3-13(19)11-16/h2-8,11H,9-10H2,1H3,(H,21,25). The lowest BCUT2D eigenvalue weighted by Gasteiger charge is -2.06. The van der Waals surface area contributed by atoms with Gasteiger partial charge in [0.05, 0.1) is 12.2 Å². The molecule has 26 heavy (non-hydrogen) atoms. The summed E-state index contributed by atoms with van der Waals surface area (Å²) in [5, 5.41) is 6.89. The number of halogens is 2. The van der Waals surface area contributed by atoms with Gasteiger partial charge in [-0.2, -0.15) is 0 Å². The number of nitrogens with zero attached hydrogens (tertiary/aromatic N) is 3. The highest BCUT2D eigenvalue weighted by Gasteiger charge is 2.15. The van der Waals surface area contributed by atoms with E-state index in [1.54, 1.807) is 19.1 Å². The lowest BCUT2D eigenvalue weighted by atomic mass is 10.3. The molecule has 2 aromatic carbocycles. The van der Waals surface area contributed by atoms with Crippen LogP contribution in [-0.2, 0) is 0 Å². The Labute approximate surface area is 158 Å². The molecule has 134 valence electrons. The normalized spacial score (nSPS) is 10.6. The number of carbonyl (C=O) groups excluding carboxylic acids is 1. The second kappa shape index (κ2) is 8.09. The summed E-state index contributed by atoms with van der Waals surface area (Å²) >= 11 is 3.37. The van der Waals surface area contributed by atoms with Gasteiger partial charge in [0.15, 0.2) is 0 Å². The molecule has 0 atom stereocenters. The second-order valence-electron chi connectivity index (χ2n) is 5.43. The monoisotopic (exact) mass is 418 g/mol. The smallest absolute Gasteiger partial charge is 0.291 e. The zero-order valence-electron chi connectivity index (χ0n) is 13.9. The topological polar surface area (TPSA) is 69.0 Å². The van der Waals surface area contributed by atoms with E-state index in [1.165, 1.54) is 16.8 Å². The highest BCUT2D eigenvalue weighted by atomic mass is 79.9. The molecule has 0 fully saturated rings. The van der Waals surface area contributed by atoms with E-state index in [1.807, 2.05) is 24.3 Å². The molecule has 1 heterocycles. The molecule has 3 rings (SSSR count). The highest BCUT2D eigenvalue weighted by Crippen LogP contribution is 2.17. The van der Waals surface area contributed by atoms with E-state index in [0.29, 0.717) is 30.4 Å². The second-order valence-corrected chi connectivity index (χ2v) is 6.35. The molecule has 1 amide bonds. The van der Waals surface area contributed by atoms with Gasteiger partial charge in [0.25, 0.3) is 5.91 Å². The largest absolute Gasteiger partial charge is 0.492 e. The van der Waals surface area contributed by atoms with Gasteiger partial charge in [0.2, 0.25) is 5.82 Å². The van der Waals surface area contributed by atoms with Gasteiger partial charge in [-0.15, -0.1) is 5.10 Å². The number of nitrogens with one attached hydrogen (secondary N) is 1. The number of ether oxygens (including phenoxy) is 1. The molecule has 0 aliphatic heterocycles. The molecule has 0 saturated carbocycles. The van der Waals surface area contributed by atoms with Crippen molar-refractivity contribution in [2.24, 2.45) is 0 Å². The average molecular weight is 419 g/mol. The average Bonchev–Trinajstić information content (AvgIpc) is 3.01. The Morgan fingerprint density at radius 1 is 1.27 bits per heavy atom. The molecular weight excluding hydrogens is 403 g/mol. The number of amides is 1. The van der Waals surface area contributed by atoms with Gasteiger partial charge in [-0.3, -0.25) is 4.79 Å². The first kappa shape index (κ1) is 18.1. The minimum Gasteiger partial charge on any atom is -0.492 e. The van der Waals surface area contributed by atoms with Crippen molar-refractivity contribution >= 4 is 21.8 Å². The number of hydrogen-bond donors (Lipinski definition) is 1. The van der Waals surface area contributed by atoms with Crippen molar-refractivity contribution in [3.05, 3.63) is 70.5 Å². The molecule has 0 saturated heterocycles. The maximum absolute atomic E-state index is 13.0. The van der Waals surface area contributed by atoms with Crippen LogP contribution in [-0.4, -0.2) is 33.8 Å². The first-order chi connectivity index (χ1) is 12.5. The summed E-state index contributed by atoms with van der Waals surface area (Å²) in [6.45, 7) is 2.36. The maximum atomic E-state index is 13.0. The van der Waals surface area contributed by atoms with E-state index in [-0.39, 0.29) is 11.6 Å². The van der Waals surface area contributed by atoms with E-state index >= 15 is 0 Å². The van der Waals surface area contributed by atoms with Crippen LogP contribution in [0.2, 0.25) is 0 Å². The van der Waals surface area contributed by atoms with Crippen LogP contribution in [0.15, 0.2) is 53.0 Å². The summed E-state index contributed by atoms with van der Waals surface area (Å²) in [5.41, 5.74) is 0.633. The van der Waals surface area contributed by atoms with Gasteiger partial charge in [-0.25, -0.2) is 14.1 Å². The quantitative estimate of drug-likeness (QED) is 0.623. The Morgan fingerprint density at radius 2 is 2.04 bits per heavy atom. The predicted molar refractivity (Wildman–Crippen MR) is 98.0 cm³/mol. The Kier molecular flexibility index (Phi) is 5.62. The predicted octanol–water partition coefficient (Wildman–Crippen LogP) is 3.29. The molecule has 0 bridgehead atoms. The maximum Gasteiger partial charge on any atom is 0.291 e. The molecule has 6 nitrogen and oxygen atoms in total. The first-order valence-electron chi connectivity index (χ1n) is 7.89. The number of benzene rings is 2. The summed E-state index contributed by atoms with van der Waals surface area (Å²) in [4.78, 5) is 16.3. The van der Waals surface area contributed by atoms with Crippen molar-refractivity contribution in [3.8, 4) is 11.4 Å². The Balaban J connectivity index is 1.56. The van der Waals surface area contributed by atoms with Gasteiger partial charge in [0, 0.05) is 4.47 Å². The molecule has 0 aliphatic carbocycles. The Morgan fingerprint density at radius 3 is 2.77 bits per heavy atom. The molecule has 8 heteroatoms. The summed E-state index contributed by atoms with van der Waals surface area (Å²) in [6, 6.07) is 13.3. The number of hydrogen-bond acceptors (Lipinski definition) is 4. The lowest BCUT2D eigenvalue weighted by molar-refractivity contribution is 0.0936. The fourth-order valence-electron chi connectivity index (χ4n) is 2.28. The fourth-order valence-corrected chi connectivity index (χ4v) is 2.66. The van der Waals surface area contributed by atoms with Crippen LogP contribution in [0.25, 0.3) is 5.69 Å². The number of rotatable bonds is 6. The van der Waals surface area contributed by atoms with Gasteiger partial charge < -0.3 is 10.1 Å². The van der Waals surface area contributed by atoms with Crippen LogP contribution >= 0.6 is 15.9 Å². The third kappa shape index (κ3) is 4.45. The van der Waals surface area contributed by atoms with Crippen molar-refractivity contribution < 1.29 is 13.9 Å². The number of aromatic nitrogens is 3. The molecule has 1 N–H and O–H groups in total. The third-order valence-electron chi connectivity index (χ3n) is 3.50. The molecule has 0 radical (unpaired) electrons. The third-order valence-corrected chi connectivity index (χ3v) is 3.99. The van der Waals surface area contributed by atoms with E-state index in [9.17, 15) is 9.18 Å². The fraction of sp³-hybridized carbons (Fsp3) is 0.167. The van der Waals surface area contributed by atoms with Crippen molar-refractivity contribution in [2.75, 3.05) is 13.2 Å². The minimum atomic E-state index is -0.396. The van der Waals surface area contributed by atoms with Crippen molar-refractivity contribution in [1.82, 2.24) is 20.1 Å². The van der Waals surface area contributed by atoms with Crippen LogP contribution in [0.1, 0.15) is 16.4 Å². The van der Waals surface area contributed by atoms with Crippen LogP contribution in [0.5, 0.6) is 5.75 Å². The summed E-state index contributed by atoms with van der Waals surface area (Å²) < 4.78 is 21.0. The highest BCUT2D eigenvalue weighted by molar-refractivity contribution is 9.10. The van der Waals surface area contributed by atoms with Gasteiger partial charge in [0.1, 0.15) is 24.0 Å². The number of carbonyl (C=O) groups is 1. The molecule has 0 aliphatic rings. The van der Waals surface area contributed by atoms with E-state index in [2.05, 4.69) is 31.3 Å². The zero-order valence-corrected chi connectivity index (χ0v) is 15.5. The molecule has 3 aromatic rings. The Bertz CT molecular complexity index is 912. The Hall–Kier alpha value is -2.74. The van der Waals surface area contributed by atoms with Crippen molar-refractivity contribution in [3.63, 3.8) is 0 Å². The molecular formula is C18H16BrFN4O2. The summed E-state index contributed by atoms with van der Waals surface area (Å²) in [6.07, 6.45) is 0. The minimum absolute atomic E-state index is 0.0503. The van der Waals surface area contributed by atoms with Gasteiger partial charge >= 0.3 is 0 Å². The van der Waals surface area contributed by atoms with E-state index in [4.69, 9.17) is 4.74 Å². The van der Waals surface area contributed by atoms with E-state index in [0.717, 1.165) is 4.47 Å². The summed E-state index contributed by atoms with van der Waals surface area (Å²) in [5.74, 6) is 0.561. The summed E-state index contributed by atoms with van der Waals surface area (Å²) in [7, 11) is 0. The van der Waals surface area contributed by atoms with Crippen LogP contribution in [0, 0.1) is 12.7 Å². The number of aryl methyl sites for hydroxylation is 1. The van der Waals surface area contributed by atoms with Gasteiger partial charge in [-0.05, 0) is 49.4 Å². The molecule has 0 spiro atoms. The lowest BCUT2D eigenvalue weighted by Crippen LogP contribution is -2.29. The SMILES string of the molecule is Cc1nc(C(=O)NCCOc2cccc(Br)c2)nn1-c1ccc(F)cc1. The van der Waals surface area contributed by atoms with Crippen LogP contribution < -0.4 is 10.1 Å². The molecule has 0 unspecified atom stereocenters. The van der Waals surface area contributed by atoms with Crippen molar-refractivity contribution in [1.29, 1.82) is 0 Å². The van der Waals surface area contributed by atoms with Crippen LogP contribution in [0.3, 0.4) is 0 Å². The first-order valence-corrected chi connectivity index (χ1v) is 8.68. The van der Waals surface area contributed by atoms with E-state index < -0.39 is 5.91 Å².